The lowest BCUT2D eigenvalue weighted by Gasteiger charge is -2.14. The van der Waals surface area contributed by atoms with Crippen LogP contribution in [0.15, 0.2) is 54.6 Å². The van der Waals surface area contributed by atoms with Crippen LogP contribution in [-0.2, 0) is 6.61 Å². The molecule has 0 spiro atoms. The Bertz CT molecular complexity index is 1260. The highest BCUT2D eigenvalue weighted by molar-refractivity contribution is 6.32. The molecule has 7 nitrogen and oxygen atoms in total. The molecule has 0 saturated carbocycles. The van der Waals surface area contributed by atoms with E-state index in [0.717, 1.165) is 5.56 Å². The average molecular weight is 480 g/mol. The molecule has 34 heavy (non-hydrogen) atoms. The monoisotopic (exact) mass is 479 g/mol. The van der Waals surface area contributed by atoms with Crippen molar-refractivity contribution in [3.05, 3.63) is 81.9 Å². The molecule has 3 aromatic carbocycles. The van der Waals surface area contributed by atoms with Crippen molar-refractivity contribution in [2.24, 2.45) is 0 Å². The first-order valence-electron chi connectivity index (χ1n) is 10.1. The van der Waals surface area contributed by atoms with Crippen molar-refractivity contribution in [3.63, 3.8) is 0 Å². The molecule has 174 valence electrons. The van der Waals surface area contributed by atoms with Gasteiger partial charge in [0.25, 0.3) is 0 Å². The second-order valence-corrected chi connectivity index (χ2v) is 7.47. The summed E-state index contributed by atoms with van der Waals surface area (Å²) in [5.41, 5.74) is 2.66. The SMILES string of the molecule is COc1ccc(/C(C#N)=C/c2cc(Cl)c(OCc3ccc(C(=O)O)cc3)c(OC)c2)cc1OC. The van der Waals surface area contributed by atoms with Crippen molar-refractivity contribution in [1.82, 2.24) is 0 Å². The molecule has 0 aromatic heterocycles. The zero-order valence-corrected chi connectivity index (χ0v) is 19.6. The van der Waals surface area contributed by atoms with Crippen LogP contribution in [-0.4, -0.2) is 32.4 Å². The molecule has 0 aliphatic heterocycles. The van der Waals surface area contributed by atoms with E-state index >= 15 is 0 Å². The number of benzene rings is 3. The first kappa shape index (κ1) is 24.5. The Balaban J connectivity index is 1.87. The maximum atomic E-state index is 11.0. The van der Waals surface area contributed by atoms with E-state index in [1.807, 2.05) is 0 Å². The Morgan fingerprint density at radius 1 is 0.941 bits per heavy atom. The van der Waals surface area contributed by atoms with Crippen LogP contribution >= 0.6 is 11.6 Å². The summed E-state index contributed by atoms with van der Waals surface area (Å²) in [6.45, 7) is 0.167. The predicted octanol–water partition coefficient (Wildman–Crippen LogP) is 5.71. The molecule has 3 rings (SSSR count). The molecule has 1 N–H and O–H groups in total. The van der Waals surface area contributed by atoms with Gasteiger partial charge in [0.1, 0.15) is 6.61 Å². The second-order valence-electron chi connectivity index (χ2n) is 7.06. The third kappa shape index (κ3) is 5.61. The quantitative estimate of drug-likeness (QED) is 0.310. The van der Waals surface area contributed by atoms with Crippen molar-refractivity contribution in [2.45, 2.75) is 6.61 Å². The fraction of sp³-hybridized carbons (Fsp3) is 0.154. The molecule has 0 unspecified atom stereocenters. The Labute approximate surface area is 202 Å². The highest BCUT2D eigenvalue weighted by Crippen LogP contribution is 2.38. The van der Waals surface area contributed by atoms with Gasteiger partial charge in [0.15, 0.2) is 23.0 Å². The van der Waals surface area contributed by atoms with Crippen LogP contribution in [0, 0.1) is 11.3 Å². The van der Waals surface area contributed by atoms with Crippen molar-refractivity contribution in [2.75, 3.05) is 21.3 Å². The number of rotatable bonds is 9. The van der Waals surface area contributed by atoms with Gasteiger partial charge in [0.2, 0.25) is 0 Å². The van der Waals surface area contributed by atoms with E-state index in [4.69, 9.17) is 35.7 Å². The fourth-order valence-electron chi connectivity index (χ4n) is 3.21. The zero-order valence-electron chi connectivity index (χ0n) is 18.8. The summed E-state index contributed by atoms with van der Waals surface area (Å²) in [7, 11) is 4.57. The van der Waals surface area contributed by atoms with Crippen molar-refractivity contribution in [3.8, 4) is 29.1 Å². The number of hydrogen-bond donors (Lipinski definition) is 1. The maximum Gasteiger partial charge on any atom is 0.335 e. The number of carbonyl (C=O) groups is 1. The number of methoxy groups -OCH3 is 3. The molecular formula is C26H22ClNO6. The van der Waals surface area contributed by atoms with Crippen LogP contribution in [0.2, 0.25) is 5.02 Å². The third-order valence-corrected chi connectivity index (χ3v) is 5.24. The number of halogens is 1. The Morgan fingerprint density at radius 2 is 1.59 bits per heavy atom. The summed E-state index contributed by atoms with van der Waals surface area (Å²) in [6, 6.07) is 17.1. The summed E-state index contributed by atoms with van der Waals surface area (Å²) in [5.74, 6) is 0.814. The van der Waals surface area contributed by atoms with Gasteiger partial charge in [0, 0.05) is 0 Å². The maximum absolute atomic E-state index is 11.0. The molecule has 0 amide bonds. The second kappa shape index (κ2) is 11.1. The number of allylic oxidation sites excluding steroid dienone is 1. The Morgan fingerprint density at radius 3 is 2.18 bits per heavy atom. The third-order valence-electron chi connectivity index (χ3n) is 4.96. The van der Waals surface area contributed by atoms with Crippen LogP contribution in [0.4, 0.5) is 0 Å². The summed E-state index contributed by atoms with van der Waals surface area (Å²) in [5, 5.41) is 19.0. The molecule has 0 radical (unpaired) electrons. The van der Waals surface area contributed by atoms with Gasteiger partial charge in [-0.05, 0) is 65.2 Å². The number of ether oxygens (including phenoxy) is 4. The lowest BCUT2D eigenvalue weighted by molar-refractivity contribution is 0.0697. The van der Waals surface area contributed by atoms with Gasteiger partial charge in [-0.1, -0.05) is 23.7 Å². The molecule has 8 heteroatoms. The minimum atomic E-state index is -0.995. The zero-order chi connectivity index (χ0) is 24.7. The van der Waals surface area contributed by atoms with Crippen LogP contribution in [0.3, 0.4) is 0 Å². The van der Waals surface area contributed by atoms with Crippen LogP contribution in [0.25, 0.3) is 11.6 Å². The van der Waals surface area contributed by atoms with Crippen molar-refractivity contribution >= 4 is 29.2 Å². The average Bonchev–Trinajstić information content (AvgIpc) is 2.86. The standard InChI is InChI=1S/C26H22ClNO6/c1-31-22-9-8-19(13-23(22)32-2)20(14-28)10-17-11-21(27)25(24(12-17)33-3)34-15-16-4-6-18(7-5-16)26(29)30/h4-13H,15H2,1-3H3,(H,29,30)/b20-10+. The van der Waals surface area contributed by atoms with E-state index < -0.39 is 5.97 Å². The summed E-state index contributed by atoms with van der Waals surface area (Å²) in [6.07, 6.45) is 1.68. The number of carboxylic acids is 1. The smallest absolute Gasteiger partial charge is 0.335 e. The number of nitriles is 1. The van der Waals surface area contributed by atoms with Crippen LogP contribution in [0.5, 0.6) is 23.0 Å². The van der Waals surface area contributed by atoms with Gasteiger partial charge in [-0.3, -0.25) is 0 Å². The topological polar surface area (TPSA) is 98.0 Å². The molecule has 0 saturated heterocycles. The number of nitrogens with zero attached hydrogens (tertiary/aromatic N) is 1. The van der Waals surface area contributed by atoms with E-state index in [0.29, 0.717) is 44.7 Å². The fourth-order valence-corrected chi connectivity index (χ4v) is 3.49. The number of aromatic carboxylic acids is 1. The minimum absolute atomic E-state index is 0.167. The highest BCUT2D eigenvalue weighted by Gasteiger charge is 2.14. The molecule has 0 aliphatic rings. The molecule has 0 heterocycles. The molecule has 0 bridgehead atoms. The van der Waals surface area contributed by atoms with Crippen LogP contribution in [0.1, 0.15) is 27.0 Å². The molecule has 0 fully saturated rings. The first-order chi connectivity index (χ1) is 16.4. The highest BCUT2D eigenvalue weighted by atomic mass is 35.5. The molecule has 0 aliphatic carbocycles. The lowest BCUT2D eigenvalue weighted by atomic mass is 10.0. The van der Waals surface area contributed by atoms with Gasteiger partial charge in [-0.25, -0.2) is 4.79 Å². The molecule has 3 aromatic rings. The summed E-state index contributed by atoms with van der Waals surface area (Å²) >= 11 is 6.47. The van der Waals surface area contributed by atoms with Crippen LogP contribution < -0.4 is 18.9 Å². The van der Waals surface area contributed by atoms with E-state index in [9.17, 15) is 10.1 Å². The lowest BCUT2D eigenvalue weighted by Crippen LogP contribution is -2.00. The van der Waals surface area contributed by atoms with Crippen molar-refractivity contribution in [1.29, 1.82) is 5.26 Å². The van der Waals surface area contributed by atoms with E-state index in [1.165, 1.54) is 26.4 Å². The van der Waals surface area contributed by atoms with Crippen molar-refractivity contribution < 1.29 is 28.8 Å². The van der Waals surface area contributed by atoms with E-state index in [2.05, 4.69) is 6.07 Å². The van der Waals surface area contributed by atoms with Gasteiger partial charge in [-0.15, -0.1) is 0 Å². The summed E-state index contributed by atoms with van der Waals surface area (Å²) < 4.78 is 21.9. The molecule has 0 atom stereocenters. The largest absolute Gasteiger partial charge is 0.493 e. The van der Waals surface area contributed by atoms with Gasteiger partial charge >= 0.3 is 5.97 Å². The first-order valence-corrected chi connectivity index (χ1v) is 10.4. The minimum Gasteiger partial charge on any atom is -0.493 e. The predicted molar refractivity (Wildman–Crippen MR) is 129 cm³/mol. The Kier molecular flexibility index (Phi) is 8.01. The summed E-state index contributed by atoms with van der Waals surface area (Å²) in [4.78, 5) is 11.0. The number of hydrogen-bond acceptors (Lipinski definition) is 6. The molecular weight excluding hydrogens is 458 g/mol. The Hall–Kier alpha value is -4.15. The van der Waals surface area contributed by atoms with Gasteiger partial charge in [-0.2, -0.15) is 5.26 Å². The normalized spacial score (nSPS) is 10.9. The van der Waals surface area contributed by atoms with E-state index in [1.54, 1.807) is 55.7 Å². The van der Waals surface area contributed by atoms with E-state index in [-0.39, 0.29) is 12.2 Å². The van der Waals surface area contributed by atoms with Gasteiger partial charge in [0.05, 0.1) is 43.6 Å². The van der Waals surface area contributed by atoms with Gasteiger partial charge < -0.3 is 24.1 Å². The number of carboxylic acid groups (broad SMARTS) is 1.